The highest BCUT2D eigenvalue weighted by Crippen LogP contribution is 2.46. The Morgan fingerprint density at radius 3 is 2.27 bits per heavy atom. The average Bonchev–Trinajstić information content (AvgIpc) is 3.44. The normalized spacial score (nSPS) is 14.3. The zero-order valence-corrected chi connectivity index (χ0v) is 17.7. The molecule has 3 nitrogen and oxygen atoms in total. The van der Waals surface area contributed by atoms with Crippen LogP contribution in [0, 0.1) is 0 Å². The van der Waals surface area contributed by atoms with Gasteiger partial charge in [0.2, 0.25) is 0 Å². The average molecular weight is 416 g/mol. The van der Waals surface area contributed by atoms with E-state index >= 15 is 0 Å². The van der Waals surface area contributed by atoms with E-state index in [2.05, 4.69) is 53.4 Å². The Morgan fingerprint density at radius 1 is 0.767 bits per heavy atom. The first-order valence-electron chi connectivity index (χ1n) is 10.6. The third kappa shape index (κ3) is 4.20. The molecular formula is C26H25NO2S. The SMILES string of the molecule is c1ccc(-c2sc3ccccc3c2Oc2ccc(OCCN3CCCC3)cc2)cc1. The van der Waals surface area contributed by atoms with E-state index in [4.69, 9.17) is 9.47 Å². The molecule has 1 fully saturated rings. The van der Waals surface area contributed by atoms with Crippen molar-refractivity contribution in [3.63, 3.8) is 0 Å². The van der Waals surface area contributed by atoms with E-state index in [1.165, 1.54) is 36.2 Å². The molecule has 0 N–H and O–H groups in total. The lowest BCUT2D eigenvalue weighted by atomic mass is 10.1. The molecule has 4 heteroatoms. The highest BCUT2D eigenvalue weighted by Gasteiger charge is 2.16. The zero-order valence-electron chi connectivity index (χ0n) is 16.9. The number of likely N-dealkylation sites (tertiary alicyclic amines) is 1. The third-order valence-electron chi connectivity index (χ3n) is 5.50. The highest BCUT2D eigenvalue weighted by atomic mass is 32.1. The number of fused-ring (bicyclic) bond motifs is 1. The molecule has 2 heterocycles. The number of nitrogens with zero attached hydrogens (tertiary/aromatic N) is 1. The number of ether oxygens (including phenoxy) is 2. The van der Waals surface area contributed by atoms with Gasteiger partial charge in [-0.3, -0.25) is 4.90 Å². The Labute approximate surface area is 181 Å². The Hall–Kier alpha value is -2.82. The summed E-state index contributed by atoms with van der Waals surface area (Å²) in [6.45, 7) is 4.13. The van der Waals surface area contributed by atoms with Crippen molar-refractivity contribution in [2.24, 2.45) is 0 Å². The molecule has 30 heavy (non-hydrogen) atoms. The van der Waals surface area contributed by atoms with E-state index in [1.807, 2.05) is 30.3 Å². The van der Waals surface area contributed by atoms with E-state index in [1.54, 1.807) is 11.3 Å². The molecule has 1 aliphatic rings. The van der Waals surface area contributed by atoms with Crippen molar-refractivity contribution < 1.29 is 9.47 Å². The van der Waals surface area contributed by atoms with Crippen LogP contribution in [0.3, 0.4) is 0 Å². The van der Waals surface area contributed by atoms with Crippen molar-refractivity contribution in [2.75, 3.05) is 26.2 Å². The summed E-state index contributed by atoms with van der Waals surface area (Å²) in [5.41, 5.74) is 1.18. The predicted octanol–water partition coefficient (Wildman–Crippen LogP) is 6.84. The van der Waals surface area contributed by atoms with Crippen LogP contribution in [0.5, 0.6) is 17.2 Å². The van der Waals surface area contributed by atoms with E-state index in [0.29, 0.717) is 0 Å². The molecule has 0 aliphatic carbocycles. The zero-order chi connectivity index (χ0) is 20.2. The van der Waals surface area contributed by atoms with Crippen molar-refractivity contribution in [2.45, 2.75) is 12.8 Å². The minimum atomic E-state index is 0.730. The van der Waals surface area contributed by atoms with Gasteiger partial charge in [0.15, 0.2) is 5.75 Å². The van der Waals surface area contributed by atoms with Crippen LogP contribution in [0.1, 0.15) is 12.8 Å². The fraction of sp³-hybridized carbons (Fsp3) is 0.231. The Morgan fingerprint density at radius 2 is 1.47 bits per heavy atom. The maximum atomic E-state index is 6.40. The summed E-state index contributed by atoms with van der Waals surface area (Å²) in [6.07, 6.45) is 2.63. The smallest absolute Gasteiger partial charge is 0.153 e. The number of rotatable bonds is 7. The van der Waals surface area contributed by atoms with Gasteiger partial charge in [0.05, 0.1) is 4.88 Å². The van der Waals surface area contributed by atoms with Crippen molar-refractivity contribution in [3.8, 4) is 27.7 Å². The molecule has 1 aliphatic heterocycles. The first kappa shape index (κ1) is 19.2. The topological polar surface area (TPSA) is 21.7 Å². The monoisotopic (exact) mass is 415 g/mol. The van der Waals surface area contributed by atoms with E-state index in [9.17, 15) is 0 Å². The molecule has 0 unspecified atom stereocenters. The molecule has 1 aromatic heterocycles. The van der Waals surface area contributed by atoms with Crippen LogP contribution in [-0.2, 0) is 0 Å². The number of benzene rings is 3. The minimum Gasteiger partial charge on any atom is -0.492 e. The van der Waals surface area contributed by atoms with Crippen molar-refractivity contribution in [1.29, 1.82) is 0 Å². The van der Waals surface area contributed by atoms with Gasteiger partial charge in [0.25, 0.3) is 0 Å². The molecule has 0 bridgehead atoms. The van der Waals surface area contributed by atoms with Gasteiger partial charge in [0.1, 0.15) is 18.1 Å². The number of hydrogen-bond donors (Lipinski definition) is 0. The van der Waals surface area contributed by atoms with Gasteiger partial charge >= 0.3 is 0 Å². The second-order valence-electron chi connectivity index (χ2n) is 7.59. The summed E-state index contributed by atoms with van der Waals surface area (Å²) in [5.74, 6) is 2.63. The van der Waals surface area contributed by atoms with Gasteiger partial charge in [-0.05, 0) is 67.9 Å². The van der Waals surface area contributed by atoms with E-state index in [0.717, 1.165) is 40.7 Å². The van der Waals surface area contributed by atoms with Crippen LogP contribution in [0.4, 0.5) is 0 Å². The fourth-order valence-corrected chi connectivity index (χ4v) is 5.06. The lowest BCUT2D eigenvalue weighted by Gasteiger charge is -2.15. The van der Waals surface area contributed by atoms with Crippen molar-refractivity contribution in [3.05, 3.63) is 78.9 Å². The lowest BCUT2D eigenvalue weighted by Crippen LogP contribution is -2.25. The maximum absolute atomic E-state index is 6.40. The molecule has 3 aromatic carbocycles. The molecule has 0 atom stereocenters. The summed E-state index contributed by atoms with van der Waals surface area (Å²) in [5, 5.41) is 1.15. The van der Waals surface area contributed by atoms with Crippen LogP contribution in [0.15, 0.2) is 78.9 Å². The quantitative estimate of drug-likeness (QED) is 0.330. The molecule has 4 aromatic rings. The second-order valence-corrected chi connectivity index (χ2v) is 8.65. The first-order valence-corrected chi connectivity index (χ1v) is 11.4. The van der Waals surface area contributed by atoms with Gasteiger partial charge in [-0.1, -0.05) is 42.5 Å². The summed E-state index contributed by atoms with van der Waals surface area (Å²) in [7, 11) is 0. The first-order chi connectivity index (χ1) is 14.9. The summed E-state index contributed by atoms with van der Waals surface area (Å²) >= 11 is 1.77. The summed E-state index contributed by atoms with van der Waals surface area (Å²) in [6, 6.07) is 26.8. The van der Waals surface area contributed by atoms with Gasteiger partial charge in [-0.2, -0.15) is 0 Å². The van der Waals surface area contributed by atoms with Gasteiger partial charge < -0.3 is 9.47 Å². The Kier molecular flexibility index (Phi) is 5.69. The van der Waals surface area contributed by atoms with Crippen molar-refractivity contribution >= 4 is 21.4 Å². The summed E-state index contributed by atoms with van der Waals surface area (Å²) < 4.78 is 13.6. The largest absolute Gasteiger partial charge is 0.492 e. The molecule has 5 rings (SSSR count). The highest BCUT2D eigenvalue weighted by molar-refractivity contribution is 7.22. The van der Waals surface area contributed by atoms with Crippen LogP contribution in [-0.4, -0.2) is 31.1 Å². The number of thiophene rings is 1. The predicted molar refractivity (Wildman–Crippen MR) is 125 cm³/mol. The van der Waals surface area contributed by atoms with Crippen LogP contribution < -0.4 is 9.47 Å². The Bertz CT molecular complexity index is 1100. The Balaban J connectivity index is 1.34. The van der Waals surface area contributed by atoms with E-state index in [-0.39, 0.29) is 0 Å². The van der Waals surface area contributed by atoms with Gasteiger partial charge in [0, 0.05) is 16.6 Å². The molecule has 0 amide bonds. The third-order valence-corrected chi connectivity index (χ3v) is 6.71. The van der Waals surface area contributed by atoms with Crippen LogP contribution >= 0.6 is 11.3 Å². The lowest BCUT2D eigenvalue weighted by molar-refractivity contribution is 0.237. The summed E-state index contributed by atoms with van der Waals surface area (Å²) in [4.78, 5) is 3.62. The van der Waals surface area contributed by atoms with E-state index < -0.39 is 0 Å². The molecule has 1 saturated heterocycles. The molecule has 152 valence electrons. The fourth-order valence-electron chi connectivity index (χ4n) is 3.92. The van der Waals surface area contributed by atoms with Crippen molar-refractivity contribution in [1.82, 2.24) is 4.90 Å². The minimum absolute atomic E-state index is 0.730. The van der Waals surface area contributed by atoms with Gasteiger partial charge in [-0.25, -0.2) is 0 Å². The maximum Gasteiger partial charge on any atom is 0.153 e. The second kappa shape index (κ2) is 8.90. The molecule has 0 saturated carbocycles. The molecule has 0 radical (unpaired) electrons. The standard InChI is InChI=1S/C26H25NO2S/c1-2-8-20(9-3-1)26-25(23-10-4-5-11-24(23)30-26)29-22-14-12-21(13-15-22)28-19-18-27-16-6-7-17-27/h1-5,8-15H,6-7,16-19H2. The number of hydrogen-bond acceptors (Lipinski definition) is 4. The van der Waals surface area contributed by atoms with Crippen LogP contribution in [0.2, 0.25) is 0 Å². The van der Waals surface area contributed by atoms with Crippen LogP contribution in [0.25, 0.3) is 20.5 Å². The van der Waals surface area contributed by atoms with Gasteiger partial charge in [-0.15, -0.1) is 11.3 Å². The molecule has 0 spiro atoms. The molecular weight excluding hydrogens is 390 g/mol.